The van der Waals surface area contributed by atoms with E-state index in [1.54, 1.807) is 0 Å². The van der Waals surface area contributed by atoms with Crippen molar-refractivity contribution in [3.8, 4) is 0 Å². The van der Waals surface area contributed by atoms with Crippen molar-refractivity contribution in [2.24, 2.45) is 0 Å². The number of nitrogens with zero attached hydrogens (tertiary/aromatic N) is 2. The summed E-state index contributed by atoms with van der Waals surface area (Å²) in [5.74, 6) is 0.144. The van der Waals surface area contributed by atoms with Crippen LogP contribution in [0.4, 0.5) is 5.69 Å². The van der Waals surface area contributed by atoms with E-state index in [2.05, 4.69) is 34.5 Å². The summed E-state index contributed by atoms with van der Waals surface area (Å²) in [5.41, 5.74) is 3.98. The van der Waals surface area contributed by atoms with Crippen molar-refractivity contribution in [1.29, 1.82) is 0 Å². The molecule has 2 aromatic rings. The fraction of sp³-hybridized carbons (Fsp3) is 0.364. The van der Waals surface area contributed by atoms with Crippen LogP contribution in [0.5, 0.6) is 0 Å². The summed E-state index contributed by atoms with van der Waals surface area (Å²) >= 11 is 0. The minimum Gasteiger partial charge on any atom is -0.336 e. The molecule has 27 heavy (non-hydrogen) atoms. The summed E-state index contributed by atoms with van der Waals surface area (Å²) < 4.78 is 0. The maximum atomic E-state index is 12.9. The Morgan fingerprint density at radius 2 is 1.74 bits per heavy atom. The second-order valence-corrected chi connectivity index (χ2v) is 7.29. The lowest BCUT2D eigenvalue weighted by Crippen LogP contribution is -2.49. The van der Waals surface area contributed by atoms with Gasteiger partial charge in [-0.3, -0.25) is 14.5 Å². The van der Waals surface area contributed by atoms with Gasteiger partial charge >= 0.3 is 0 Å². The highest BCUT2D eigenvalue weighted by Gasteiger charge is 2.23. The fourth-order valence-electron chi connectivity index (χ4n) is 3.81. The number of anilines is 1. The number of aryl methyl sites for hydroxylation is 1. The fourth-order valence-corrected chi connectivity index (χ4v) is 3.81. The van der Waals surface area contributed by atoms with Crippen LogP contribution in [0.25, 0.3) is 0 Å². The number of fused-ring (bicyclic) bond motifs is 1. The van der Waals surface area contributed by atoms with E-state index in [0.717, 1.165) is 56.0 Å². The smallest absolute Gasteiger partial charge is 0.253 e. The summed E-state index contributed by atoms with van der Waals surface area (Å²) in [6.45, 7) is 4.40. The predicted molar refractivity (Wildman–Crippen MR) is 106 cm³/mol. The molecule has 2 aliphatic heterocycles. The number of piperazine rings is 1. The first-order chi connectivity index (χ1) is 13.2. The standard InChI is InChI=1S/C22H25N3O2/c26-21-9-7-18-16-19(6-8-20(18)23-21)22(27)25-14-12-24(13-15-25)11-10-17-4-2-1-3-5-17/h1-6,8,16H,7,9-15H2,(H,23,26). The van der Waals surface area contributed by atoms with Crippen molar-refractivity contribution in [3.63, 3.8) is 0 Å². The highest BCUT2D eigenvalue weighted by molar-refractivity contribution is 5.98. The molecule has 2 aliphatic rings. The Morgan fingerprint density at radius 3 is 2.52 bits per heavy atom. The van der Waals surface area contributed by atoms with E-state index in [9.17, 15) is 9.59 Å². The van der Waals surface area contributed by atoms with Crippen molar-refractivity contribution in [2.75, 3.05) is 38.0 Å². The number of amides is 2. The molecule has 5 nitrogen and oxygen atoms in total. The van der Waals surface area contributed by atoms with Gasteiger partial charge in [0.1, 0.15) is 0 Å². The molecular weight excluding hydrogens is 338 g/mol. The zero-order valence-electron chi connectivity index (χ0n) is 15.5. The van der Waals surface area contributed by atoms with Crippen molar-refractivity contribution < 1.29 is 9.59 Å². The van der Waals surface area contributed by atoms with Crippen LogP contribution in [0.3, 0.4) is 0 Å². The lowest BCUT2D eigenvalue weighted by molar-refractivity contribution is -0.116. The number of nitrogens with one attached hydrogen (secondary N) is 1. The van der Waals surface area contributed by atoms with Gasteiger partial charge in [0.25, 0.3) is 5.91 Å². The van der Waals surface area contributed by atoms with Crippen molar-refractivity contribution in [2.45, 2.75) is 19.3 Å². The molecule has 0 unspecified atom stereocenters. The Balaban J connectivity index is 1.31. The third-order valence-electron chi connectivity index (χ3n) is 5.47. The third-order valence-corrected chi connectivity index (χ3v) is 5.47. The molecule has 1 fully saturated rings. The Kier molecular flexibility index (Phi) is 5.21. The van der Waals surface area contributed by atoms with Gasteiger partial charge in [-0.15, -0.1) is 0 Å². The van der Waals surface area contributed by atoms with Gasteiger partial charge in [0.15, 0.2) is 0 Å². The molecule has 0 radical (unpaired) electrons. The average Bonchev–Trinajstić information content (AvgIpc) is 2.72. The van der Waals surface area contributed by atoms with Gasteiger partial charge < -0.3 is 10.2 Å². The number of rotatable bonds is 4. The van der Waals surface area contributed by atoms with Gasteiger partial charge in [0.05, 0.1) is 0 Å². The minimum atomic E-state index is 0.0493. The average molecular weight is 363 g/mol. The molecule has 140 valence electrons. The molecule has 0 aliphatic carbocycles. The third kappa shape index (κ3) is 4.19. The maximum absolute atomic E-state index is 12.9. The normalized spacial score (nSPS) is 17.3. The van der Waals surface area contributed by atoms with Crippen LogP contribution in [0, 0.1) is 0 Å². The molecule has 1 saturated heterocycles. The number of hydrogen-bond donors (Lipinski definition) is 1. The topological polar surface area (TPSA) is 52.7 Å². The zero-order chi connectivity index (χ0) is 18.6. The summed E-state index contributed by atoms with van der Waals surface area (Å²) in [4.78, 5) is 28.7. The van der Waals surface area contributed by atoms with Gasteiger partial charge in [0.2, 0.25) is 5.91 Å². The molecule has 2 heterocycles. The van der Waals surface area contributed by atoms with Gasteiger partial charge in [-0.05, 0) is 42.2 Å². The Hall–Kier alpha value is -2.66. The molecule has 2 aromatic carbocycles. The van der Waals surface area contributed by atoms with Crippen molar-refractivity contribution >= 4 is 17.5 Å². The lowest BCUT2D eigenvalue weighted by Gasteiger charge is -2.35. The monoisotopic (exact) mass is 363 g/mol. The molecule has 0 spiro atoms. The highest BCUT2D eigenvalue weighted by atomic mass is 16.2. The van der Waals surface area contributed by atoms with Crippen LogP contribution in [0.2, 0.25) is 0 Å². The van der Waals surface area contributed by atoms with Gasteiger partial charge in [-0.25, -0.2) is 0 Å². The Morgan fingerprint density at radius 1 is 0.963 bits per heavy atom. The van der Waals surface area contributed by atoms with Crippen LogP contribution in [0.15, 0.2) is 48.5 Å². The second kappa shape index (κ2) is 7.92. The van der Waals surface area contributed by atoms with Gasteiger partial charge in [-0.2, -0.15) is 0 Å². The summed E-state index contributed by atoms with van der Waals surface area (Å²) in [6.07, 6.45) is 2.24. The molecular formula is C22H25N3O2. The zero-order valence-corrected chi connectivity index (χ0v) is 15.5. The number of carbonyl (C=O) groups excluding carboxylic acids is 2. The van der Waals surface area contributed by atoms with E-state index in [4.69, 9.17) is 0 Å². The van der Waals surface area contributed by atoms with Gasteiger partial charge in [0, 0.05) is 50.4 Å². The molecule has 0 bridgehead atoms. The first kappa shape index (κ1) is 17.7. The van der Waals surface area contributed by atoms with Crippen LogP contribution in [-0.4, -0.2) is 54.3 Å². The quantitative estimate of drug-likeness (QED) is 0.908. The van der Waals surface area contributed by atoms with E-state index >= 15 is 0 Å². The van der Waals surface area contributed by atoms with E-state index in [1.807, 2.05) is 29.2 Å². The summed E-state index contributed by atoms with van der Waals surface area (Å²) in [5, 5.41) is 2.87. The SMILES string of the molecule is O=C1CCc2cc(C(=O)N3CCN(CCc4ccccc4)CC3)ccc2N1. The van der Waals surface area contributed by atoms with Crippen LogP contribution in [0.1, 0.15) is 27.9 Å². The lowest BCUT2D eigenvalue weighted by atomic mass is 10.00. The molecule has 0 atom stereocenters. The summed E-state index contributed by atoms with van der Waals surface area (Å²) in [7, 11) is 0. The molecule has 5 heteroatoms. The van der Waals surface area contributed by atoms with E-state index in [0.29, 0.717) is 12.8 Å². The molecule has 0 saturated carbocycles. The van der Waals surface area contributed by atoms with E-state index < -0.39 is 0 Å². The van der Waals surface area contributed by atoms with Crippen LogP contribution >= 0.6 is 0 Å². The number of carbonyl (C=O) groups is 2. The Bertz CT molecular complexity index is 827. The van der Waals surface area contributed by atoms with E-state index in [1.165, 1.54) is 5.56 Å². The first-order valence-electron chi connectivity index (χ1n) is 9.67. The van der Waals surface area contributed by atoms with E-state index in [-0.39, 0.29) is 11.8 Å². The minimum absolute atomic E-state index is 0.0493. The molecule has 4 rings (SSSR count). The second-order valence-electron chi connectivity index (χ2n) is 7.29. The maximum Gasteiger partial charge on any atom is 0.253 e. The van der Waals surface area contributed by atoms with Crippen molar-refractivity contribution in [3.05, 3.63) is 65.2 Å². The number of hydrogen-bond acceptors (Lipinski definition) is 3. The molecule has 0 aromatic heterocycles. The predicted octanol–water partition coefficient (Wildman–Crippen LogP) is 2.57. The number of benzene rings is 2. The largest absolute Gasteiger partial charge is 0.336 e. The highest BCUT2D eigenvalue weighted by Crippen LogP contribution is 2.24. The van der Waals surface area contributed by atoms with Crippen molar-refractivity contribution in [1.82, 2.24) is 9.80 Å². The first-order valence-corrected chi connectivity index (χ1v) is 9.67. The van der Waals surface area contributed by atoms with Gasteiger partial charge in [-0.1, -0.05) is 30.3 Å². The molecule has 1 N–H and O–H groups in total. The Labute approximate surface area is 160 Å². The summed E-state index contributed by atoms with van der Waals surface area (Å²) in [6, 6.07) is 16.2. The van der Waals surface area contributed by atoms with Crippen LogP contribution < -0.4 is 5.32 Å². The van der Waals surface area contributed by atoms with Crippen LogP contribution in [-0.2, 0) is 17.6 Å². The molecule has 2 amide bonds.